The maximum Gasteiger partial charge on any atom is 0.261 e. The highest BCUT2D eigenvalue weighted by atomic mass is 35.5. The average molecular weight is 508 g/mol. The number of carbonyl (C=O) groups excluding carboxylic acids is 1. The van der Waals surface area contributed by atoms with Crippen molar-refractivity contribution in [2.45, 2.75) is 18.7 Å². The molecule has 0 radical (unpaired) electrons. The second kappa shape index (κ2) is 9.42. The average Bonchev–Trinajstić information content (AvgIpc) is 2.71. The maximum atomic E-state index is 12.7. The summed E-state index contributed by atoms with van der Waals surface area (Å²) in [5.74, 6) is -0.494. The molecule has 3 aromatic rings. The Kier molecular flexibility index (Phi) is 7.01. The molecular formula is C22H22ClN3O5S2. The van der Waals surface area contributed by atoms with Crippen LogP contribution in [0.2, 0.25) is 5.02 Å². The lowest BCUT2D eigenvalue weighted by Gasteiger charge is -2.12. The van der Waals surface area contributed by atoms with Gasteiger partial charge in [-0.05, 0) is 67.9 Å². The molecule has 33 heavy (non-hydrogen) atoms. The lowest BCUT2D eigenvalue weighted by atomic mass is 10.1. The first-order valence-electron chi connectivity index (χ1n) is 9.63. The largest absolute Gasteiger partial charge is 0.322 e. The monoisotopic (exact) mass is 507 g/mol. The molecule has 0 aromatic heterocycles. The Morgan fingerprint density at radius 1 is 0.818 bits per heavy atom. The van der Waals surface area contributed by atoms with E-state index in [1.54, 1.807) is 6.07 Å². The standard InChI is InChI=1S/C22H22ClN3O5S2/c1-14-4-10-20(15(2)12-14)26-33(30,31)18-8-6-17(7-9-18)24-22(27)16-5-11-21(19(23)13-16)25-32(3,28)29/h4-13,25-26H,1-3H3,(H,24,27). The van der Waals surface area contributed by atoms with Crippen molar-refractivity contribution in [1.82, 2.24) is 0 Å². The third-order valence-corrected chi connectivity index (χ3v) is 6.86. The number of anilines is 3. The van der Waals surface area contributed by atoms with Crippen LogP contribution in [0.25, 0.3) is 0 Å². The van der Waals surface area contributed by atoms with Gasteiger partial charge in [0.1, 0.15) is 0 Å². The Labute approximate surface area is 198 Å². The maximum absolute atomic E-state index is 12.7. The number of nitrogens with one attached hydrogen (secondary N) is 3. The molecule has 0 bridgehead atoms. The van der Waals surface area contributed by atoms with E-state index in [0.717, 1.165) is 17.4 Å². The first-order valence-corrected chi connectivity index (χ1v) is 13.4. The summed E-state index contributed by atoms with van der Waals surface area (Å²) in [6.07, 6.45) is 0.991. The van der Waals surface area contributed by atoms with Gasteiger partial charge in [0, 0.05) is 11.3 Å². The zero-order chi connectivity index (χ0) is 24.4. The molecule has 3 rings (SSSR count). The number of benzene rings is 3. The molecule has 0 heterocycles. The van der Waals surface area contributed by atoms with Crippen LogP contribution in [0.1, 0.15) is 21.5 Å². The minimum atomic E-state index is -3.81. The van der Waals surface area contributed by atoms with E-state index < -0.39 is 26.0 Å². The van der Waals surface area contributed by atoms with Gasteiger partial charge in [-0.3, -0.25) is 14.2 Å². The molecule has 174 valence electrons. The van der Waals surface area contributed by atoms with E-state index in [0.29, 0.717) is 11.4 Å². The number of aryl methyl sites for hydroxylation is 2. The van der Waals surface area contributed by atoms with Gasteiger partial charge in [0.25, 0.3) is 15.9 Å². The number of hydrogen-bond acceptors (Lipinski definition) is 5. The molecule has 0 saturated carbocycles. The number of sulfonamides is 2. The third kappa shape index (κ3) is 6.47. The predicted molar refractivity (Wildman–Crippen MR) is 131 cm³/mol. The van der Waals surface area contributed by atoms with Crippen molar-refractivity contribution in [3.63, 3.8) is 0 Å². The molecule has 0 spiro atoms. The topological polar surface area (TPSA) is 121 Å². The first kappa shape index (κ1) is 24.6. The van der Waals surface area contributed by atoms with Crippen LogP contribution in [0.3, 0.4) is 0 Å². The lowest BCUT2D eigenvalue weighted by molar-refractivity contribution is 0.102. The molecule has 0 atom stereocenters. The fraction of sp³-hybridized carbons (Fsp3) is 0.136. The molecule has 0 aliphatic rings. The first-order chi connectivity index (χ1) is 15.3. The van der Waals surface area contributed by atoms with Crippen molar-refractivity contribution >= 4 is 54.6 Å². The number of halogens is 1. The Morgan fingerprint density at radius 3 is 2.03 bits per heavy atom. The van der Waals surface area contributed by atoms with E-state index >= 15 is 0 Å². The van der Waals surface area contributed by atoms with Crippen LogP contribution in [0, 0.1) is 13.8 Å². The highest BCUT2D eigenvalue weighted by Crippen LogP contribution is 2.25. The highest BCUT2D eigenvalue weighted by Gasteiger charge is 2.16. The smallest absolute Gasteiger partial charge is 0.261 e. The van der Waals surface area contributed by atoms with Crippen molar-refractivity contribution < 1.29 is 21.6 Å². The van der Waals surface area contributed by atoms with Crippen LogP contribution < -0.4 is 14.8 Å². The molecule has 11 heteroatoms. The summed E-state index contributed by atoms with van der Waals surface area (Å²) in [6, 6.07) is 15.2. The molecule has 3 N–H and O–H groups in total. The fourth-order valence-electron chi connectivity index (χ4n) is 2.99. The van der Waals surface area contributed by atoms with Crippen LogP contribution >= 0.6 is 11.6 Å². The summed E-state index contributed by atoms with van der Waals surface area (Å²) < 4.78 is 52.9. The van der Waals surface area contributed by atoms with Gasteiger partial charge in [-0.2, -0.15) is 0 Å². The van der Waals surface area contributed by atoms with Gasteiger partial charge in [-0.15, -0.1) is 0 Å². The van der Waals surface area contributed by atoms with Gasteiger partial charge in [0.15, 0.2) is 0 Å². The van der Waals surface area contributed by atoms with E-state index in [2.05, 4.69) is 14.8 Å². The van der Waals surface area contributed by atoms with Gasteiger partial charge >= 0.3 is 0 Å². The van der Waals surface area contributed by atoms with Gasteiger partial charge in [-0.1, -0.05) is 29.3 Å². The van der Waals surface area contributed by atoms with E-state index in [4.69, 9.17) is 11.6 Å². The summed E-state index contributed by atoms with van der Waals surface area (Å²) in [5, 5.41) is 2.71. The molecule has 8 nitrogen and oxygen atoms in total. The molecule has 0 unspecified atom stereocenters. The summed E-state index contributed by atoms with van der Waals surface area (Å²) in [6.45, 7) is 3.74. The van der Waals surface area contributed by atoms with Gasteiger partial charge in [-0.25, -0.2) is 16.8 Å². The third-order valence-electron chi connectivity index (χ3n) is 4.58. The Morgan fingerprint density at radius 2 is 1.45 bits per heavy atom. The van der Waals surface area contributed by atoms with Gasteiger partial charge in [0.2, 0.25) is 10.0 Å². The molecule has 0 aliphatic carbocycles. The SMILES string of the molecule is Cc1ccc(NS(=O)(=O)c2ccc(NC(=O)c3ccc(NS(C)(=O)=O)c(Cl)c3)cc2)c(C)c1. The molecule has 0 aliphatic heterocycles. The molecule has 0 saturated heterocycles. The van der Waals surface area contributed by atoms with Gasteiger partial charge < -0.3 is 5.32 Å². The highest BCUT2D eigenvalue weighted by molar-refractivity contribution is 7.92. The zero-order valence-corrected chi connectivity index (χ0v) is 20.4. The second-order valence-corrected chi connectivity index (χ2v) is 11.3. The van der Waals surface area contributed by atoms with Crippen molar-refractivity contribution in [2.75, 3.05) is 21.0 Å². The van der Waals surface area contributed by atoms with Crippen molar-refractivity contribution in [1.29, 1.82) is 0 Å². The number of amides is 1. The molecule has 3 aromatic carbocycles. The Bertz CT molecular complexity index is 1420. The minimum absolute atomic E-state index is 0.0414. The normalized spacial score (nSPS) is 11.6. The number of rotatable bonds is 7. The fourth-order valence-corrected chi connectivity index (χ4v) is 4.98. The zero-order valence-electron chi connectivity index (χ0n) is 18.0. The predicted octanol–water partition coefficient (Wildman–Crippen LogP) is 4.38. The van der Waals surface area contributed by atoms with E-state index in [1.165, 1.54) is 42.5 Å². The number of carbonyl (C=O) groups is 1. The summed E-state index contributed by atoms with van der Waals surface area (Å²) in [5.41, 5.74) is 3.05. The summed E-state index contributed by atoms with van der Waals surface area (Å²) in [4.78, 5) is 12.6. The summed E-state index contributed by atoms with van der Waals surface area (Å²) >= 11 is 6.06. The van der Waals surface area contributed by atoms with Crippen molar-refractivity contribution in [2.24, 2.45) is 0 Å². The second-order valence-electron chi connectivity index (χ2n) is 7.47. The van der Waals surface area contributed by atoms with E-state index in [-0.39, 0.29) is 21.2 Å². The molecule has 0 fully saturated rings. The lowest BCUT2D eigenvalue weighted by Crippen LogP contribution is -2.15. The Balaban J connectivity index is 1.72. The quantitative estimate of drug-likeness (QED) is 0.438. The van der Waals surface area contributed by atoms with E-state index in [1.807, 2.05) is 26.0 Å². The van der Waals surface area contributed by atoms with Crippen molar-refractivity contribution in [3.8, 4) is 0 Å². The van der Waals surface area contributed by atoms with Crippen LogP contribution in [0.4, 0.5) is 17.1 Å². The number of hydrogen-bond donors (Lipinski definition) is 3. The van der Waals surface area contributed by atoms with Crippen molar-refractivity contribution in [3.05, 3.63) is 82.4 Å². The molecule has 1 amide bonds. The van der Waals surface area contributed by atoms with Crippen LogP contribution in [0.5, 0.6) is 0 Å². The van der Waals surface area contributed by atoms with E-state index in [9.17, 15) is 21.6 Å². The van der Waals surface area contributed by atoms with Crippen LogP contribution in [-0.4, -0.2) is 29.0 Å². The Hall–Kier alpha value is -3.08. The van der Waals surface area contributed by atoms with Crippen LogP contribution in [0.15, 0.2) is 65.6 Å². The minimum Gasteiger partial charge on any atom is -0.322 e. The molecular weight excluding hydrogens is 486 g/mol. The van der Waals surface area contributed by atoms with Gasteiger partial charge in [0.05, 0.1) is 27.5 Å². The summed E-state index contributed by atoms with van der Waals surface area (Å²) in [7, 11) is -7.32. The van der Waals surface area contributed by atoms with Crippen LogP contribution in [-0.2, 0) is 20.0 Å².